The standard InChI is InChI=1S/C24H32N2O6S/c1-24(2,3)25-23(27)26(17-21-9-6-14-31-21)16-18-7-5-8-20(15-18)32-33(28,29)22-12-10-19(30-4)11-13-22/h5,7-8,10-13,15,21H,6,9,14,16-17H2,1-4H3,(H,25,27)/t21-/m1/s1. The summed E-state index contributed by atoms with van der Waals surface area (Å²) in [6.45, 7) is 7.22. The Hall–Kier alpha value is -2.78. The van der Waals surface area contributed by atoms with Gasteiger partial charge in [-0.05, 0) is 75.6 Å². The van der Waals surface area contributed by atoms with E-state index in [2.05, 4.69) is 5.32 Å². The number of benzene rings is 2. The summed E-state index contributed by atoms with van der Waals surface area (Å²) in [6, 6.07) is 12.5. The van der Waals surface area contributed by atoms with Gasteiger partial charge in [0.1, 0.15) is 16.4 Å². The van der Waals surface area contributed by atoms with Crippen LogP contribution >= 0.6 is 0 Å². The lowest BCUT2D eigenvalue weighted by Gasteiger charge is -2.30. The second kappa shape index (κ2) is 10.4. The molecular formula is C24H32N2O6S. The molecule has 33 heavy (non-hydrogen) atoms. The van der Waals surface area contributed by atoms with E-state index in [9.17, 15) is 13.2 Å². The molecule has 2 aromatic rings. The minimum absolute atomic E-state index is 0.00870. The van der Waals surface area contributed by atoms with Gasteiger partial charge in [-0.25, -0.2) is 4.79 Å². The number of hydrogen-bond donors (Lipinski definition) is 1. The van der Waals surface area contributed by atoms with E-state index in [4.69, 9.17) is 13.7 Å². The van der Waals surface area contributed by atoms with Gasteiger partial charge >= 0.3 is 16.1 Å². The molecule has 1 saturated heterocycles. The molecule has 1 aliphatic heterocycles. The Labute approximate surface area is 196 Å². The van der Waals surface area contributed by atoms with Gasteiger partial charge in [-0.3, -0.25) is 0 Å². The number of hydrogen-bond acceptors (Lipinski definition) is 6. The molecule has 1 aliphatic rings. The van der Waals surface area contributed by atoms with Gasteiger partial charge in [-0.1, -0.05) is 12.1 Å². The van der Waals surface area contributed by atoms with E-state index in [1.807, 2.05) is 26.8 Å². The van der Waals surface area contributed by atoms with E-state index in [1.54, 1.807) is 35.2 Å². The molecule has 180 valence electrons. The fourth-order valence-corrected chi connectivity index (χ4v) is 4.41. The van der Waals surface area contributed by atoms with E-state index >= 15 is 0 Å². The Kier molecular flexibility index (Phi) is 7.86. The topological polar surface area (TPSA) is 94.2 Å². The van der Waals surface area contributed by atoms with Gasteiger partial charge in [0, 0.05) is 25.2 Å². The Balaban J connectivity index is 1.75. The predicted molar refractivity (Wildman–Crippen MR) is 125 cm³/mol. The zero-order valence-corrected chi connectivity index (χ0v) is 20.4. The molecule has 3 rings (SSSR count). The van der Waals surface area contributed by atoms with E-state index in [-0.39, 0.29) is 28.3 Å². The van der Waals surface area contributed by atoms with Crippen molar-refractivity contribution in [3.63, 3.8) is 0 Å². The van der Waals surface area contributed by atoms with Gasteiger partial charge in [-0.15, -0.1) is 0 Å². The number of amides is 2. The average molecular weight is 477 g/mol. The van der Waals surface area contributed by atoms with Crippen molar-refractivity contribution < 1.29 is 26.9 Å². The van der Waals surface area contributed by atoms with Crippen LogP contribution < -0.4 is 14.2 Å². The van der Waals surface area contributed by atoms with Crippen molar-refractivity contribution in [1.82, 2.24) is 10.2 Å². The molecule has 2 amide bonds. The number of urea groups is 1. The summed E-state index contributed by atoms with van der Waals surface area (Å²) in [4.78, 5) is 14.6. The molecule has 1 fully saturated rings. The van der Waals surface area contributed by atoms with Crippen molar-refractivity contribution in [2.45, 2.75) is 56.7 Å². The van der Waals surface area contributed by atoms with E-state index in [1.165, 1.54) is 19.2 Å². The summed E-state index contributed by atoms with van der Waals surface area (Å²) in [5.74, 6) is 0.729. The lowest BCUT2D eigenvalue weighted by molar-refractivity contribution is 0.0782. The van der Waals surface area contributed by atoms with Gasteiger partial charge in [-0.2, -0.15) is 8.42 Å². The molecule has 1 atom stereocenters. The molecule has 9 heteroatoms. The van der Waals surface area contributed by atoms with E-state index in [0.717, 1.165) is 18.4 Å². The highest BCUT2D eigenvalue weighted by atomic mass is 32.2. The largest absolute Gasteiger partial charge is 0.497 e. The normalized spacial score (nSPS) is 16.3. The molecule has 1 N–H and O–H groups in total. The highest BCUT2D eigenvalue weighted by Gasteiger charge is 2.25. The van der Waals surface area contributed by atoms with Crippen LogP contribution in [0.3, 0.4) is 0 Å². The molecule has 0 saturated carbocycles. The molecule has 0 bridgehead atoms. The maximum Gasteiger partial charge on any atom is 0.339 e. The Bertz CT molecular complexity index is 1040. The third-order valence-corrected chi connectivity index (χ3v) is 6.30. The van der Waals surface area contributed by atoms with Gasteiger partial charge in [0.15, 0.2) is 0 Å². The van der Waals surface area contributed by atoms with Gasteiger partial charge < -0.3 is 23.9 Å². The van der Waals surface area contributed by atoms with Crippen LogP contribution in [-0.4, -0.2) is 51.3 Å². The van der Waals surface area contributed by atoms with Crippen molar-refractivity contribution in [3.05, 3.63) is 54.1 Å². The first-order valence-electron chi connectivity index (χ1n) is 10.9. The molecule has 0 radical (unpaired) electrons. The molecule has 1 heterocycles. The minimum atomic E-state index is -4.01. The molecule has 0 aromatic heterocycles. The van der Waals surface area contributed by atoms with Crippen LogP contribution in [0.1, 0.15) is 39.2 Å². The van der Waals surface area contributed by atoms with Crippen LogP contribution in [0.15, 0.2) is 53.4 Å². The number of methoxy groups -OCH3 is 1. The Morgan fingerprint density at radius 2 is 1.88 bits per heavy atom. The maximum atomic E-state index is 12.9. The fraction of sp³-hybridized carbons (Fsp3) is 0.458. The SMILES string of the molecule is COc1ccc(S(=O)(=O)Oc2cccc(CN(C[C@H]3CCCO3)C(=O)NC(C)(C)C)c2)cc1. The van der Waals surface area contributed by atoms with Crippen LogP contribution in [-0.2, 0) is 21.4 Å². The molecule has 8 nitrogen and oxygen atoms in total. The quantitative estimate of drug-likeness (QED) is 0.580. The van der Waals surface area contributed by atoms with Crippen molar-refractivity contribution in [1.29, 1.82) is 0 Å². The van der Waals surface area contributed by atoms with Crippen LogP contribution in [0.2, 0.25) is 0 Å². The van der Waals surface area contributed by atoms with E-state index in [0.29, 0.717) is 25.4 Å². The first kappa shape index (κ1) is 24.9. The smallest absolute Gasteiger partial charge is 0.339 e. The first-order chi connectivity index (χ1) is 15.6. The van der Waals surface area contributed by atoms with Gasteiger partial charge in [0.05, 0.1) is 13.2 Å². The number of rotatable bonds is 8. The zero-order chi connectivity index (χ0) is 24.1. The Morgan fingerprint density at radius 3 is 2.48 bits per heavy atom. The third kappa shape index (κ3) is 7.36. The number of carbonyl (C=O) groups is 1. The second-order valence-corrected chi connectivity index (χ2v) is 10.6. The summed E-state index contributed by atoms with van der Waals surface area (Å²) >= 11 is 0. The number of carbonyl (C=O) groups excluding carboxylic acids is 1. The fourth-order valence-electron chi connectivity index (χ4n) is 3.49. The number of nitrogens with one attached hydrogen (secondary N) is 1. The van der Waals surface area contributed by atoms with Crippen molar-refractivity contribution in [2.75, 3.05) is 20.3 Å². The van der Waals surface area contributed by atoms with Gasteiger partial charge in [0.2, 0.25) is 0 Å². The molecular weight excluding hydrogens is 444 g/mol. The minimum Gasteiger partial charge on any atom is -0.497 e. The second-order valence-electron chi connectivity index (χ2n) is 9.06. The van der Waals surface area contributed by atoms with Crippen molar-refractivity contribution in [3.8, 4) is 11.5 Å². The maximum absolute atomic E-state index is 12.9. The highest BCUT2D eigenvalue weighted by Crippen LogP contribution is 2.23. The lowest BCUT2D eigenvalue weighted by atomic mass is 10.1. The third-order valence-electron chi connectivity index (χ3n) is 5.04. The van der Waals surface area contributed by atoms with E-state index < -0.39 is 10.1 Å². The first-order valence-corrected chi connectivity index (χ1v) is 12.3. The van der Waals surface area contributed by atoms with Gasteiger partial charge in [0.25, 0.3) is 0 Å². The van der Waals surface area contributed by atoms with Crippen molar-refractivity contribution >= 4 is 16.1 Å². The monoisotopic (exact) mass is 476 g/mol. The Morgan fingerprint density at radius 1 is 1.15 bits per heavy atom. The molecule has 0 unspecified atom stereocenters. The van der Waals surface area contributed by atoms with Crippen LogP contribution in [0.4, 0.5) is 4.79 Å². The summed E-state index contributed by atoms with van der Waals surface area (Å²) in [6.07, 6.45) is 1.87. The summed E-state index contributed by atoms with van der Waals surface area (Å²) in [5.41, 5.74) is 0.364. The summed E-state index contributed by atoms with van der Waals surface area (Å²) in [5, 5.41) is 2.99. The summed E-state index contributed by atoms with van der Waals surface area (Å²) in [7, 11) is -2.50. The number of ether oxygens (including phenoxy) is 2. The molecule has 2 aromatic carbocycles. The van der Waals surface area contributed by atoms with Crippen LogP contribution in [0, 0.1) is 0 Å². The average Bonchev–Trinajstić information content (AvgIpc) is 3.25. The van der Waals surface area contributed by atoms with Crippen molar-refractivity contribution in [2.24, 2.45) is 0 Å². The van der Waals surface area contributed by atoms with Crippen LogP contribution in [0.5, 0.6) is 11.5 Å². The zero-order valence-electron chi connectivity index (χ0n) is 19.5. The molecule has 0 aliphatic carbocycles. The lowest BCUT2D eigenvalue weighted by Crippen LogP contribution is -2.50. The predicted octanol–water partition coefficient (Wildman–Crippen LogP) is 3.95. The number of nitrogens with zero attached hydrogens (tertiary/aromatic N) is 1. The van der Waals surface area contributed by atoms with Crippen LogP contribution in [0.25, 0.3) is 0 Å². The summed E-state index contributed by atoms with van der Waals surface area (Å²) < 4.78 is 41.5. The molecule has 0 spiro atoms. The highest BCUT2D eigenvalue weighted by molar-refractivity contribution is 7.87.